The van der Waals surface area contributed by atoms with Crippen LogP contribution in [-0.4, -0.2) is 68.9 Å². The number of morpholine rings is 1. The van der Waals surface area contributed by atoms with Gasteiger partial charge < -0.3 is 20.3 Å². The van der Waals surface area contributed by atoms with Gasteiger partial charge in [0.05, 0.1) is 25.4 Å². The Morgan fingerprint density at radius 3 is 2.45 bits per heavy atom. The van der Waals surface area contributed by atoms with Crippen molar-refractivity contribution in [2.24, 2.45) is 4.99 Å². The Hall–Kier alpha value is -1.86. The molecule has 1 heterocycles. The molecular formula is C22H38FN5O. The van der Waals surface area contributed by atoms with Crippen molar-refractivity contribution in [3.8, 4) is 0 Å². The average molecular weight is 408 g/mol. The third-order valence-corrected chi connectivity index (χ3v) is 5.12. The van der Waals surface area contributed by atoms with Crippen molar-refractivity contribution in [3.05, 3.63) is 29.6 Å². The standard InChI is InChI=1S/C22H38FN5O/c1-6-24-22(25-9-10-28(17(2)3)18(4)5)26-16-19-7-8-21(20(23)15-19)27-11-13-29-14-12-27/h7-8,15,17-18H,6,9-14,16H2,1-5H3,(H2,24,25,26). The lowest BCUT2D eigenvalue weighted by atomic mass is 10.1. The quantitative estimate of drug-likeness (QED) is 0.487. The van der Waals surface area contributed by atoms with E-state index >= 15 is 0 Å². The molecule has 0 aliphatic carbocycles. The summed E-state index contributed by atoms with van der Waals surface area (Å²) in [6, 6.07) is 6.42. The Balaban J connectivity index is 1.94. The fourth-order valence-corrected chi connectivity index (χ4v) is 3.64. The van der Waals surface area contributed by atoms with Crippen LogP contribution in [0.25, 0.3) is 0 Å². The van der Waals surface area contributed by atoms with Crippen LogP contribution in [0.4, 0.5) is 10.1 Å². The van der Waals surface area contributed by atoms with E-state index in [0.717, 1.165) is 44.2 Å². The summed E-state index contributed by atoms with van der Waals surface area (Å²) in [5, 5.41) is 6.66. The molecule has 0 bridgehead atoms. The summed E-state index contributed by atoms with van der Waals surface area (Å²) in [5.41, 5.74) is 1.51. The first-order valence-corrected chi connectivity index (χ1v) is 10.8. The Morgan fingerprint density at radius 1 is 1.17 bits per heavy atom. The first-order valence-electron chi connectivity index (χ1n) is 10.8. The molecule has 1 aliphatic rings. The van der Waals surface area contributed by atoms with Crippen molar-refractivity contribution in [1.29, 1.82) is 0 Å². The predicted octanol–water partition coefficient (Wildman–Crippen LogP) is 2.84. The molecule has 1 aliphatic heterocycles. The van der Waals surface area contributed by atoms with Crippen molar-refractivity contribution in [1.82, 2.24) is 15.5 Å². The topological polar surface area (TPSA) is 52.1 Å². The van der Waals surface area contributed by atoms with Crippen molar-refractivity contribution >= 4 is 11.6 Å². The molecule has 0 atom stereocenters. The molecule has 1 saturated heterocycles. The second-order valence-electron chi connectivity index (χ2n) is 7.93. The van der Waals surface area contributed by atoms with Gasteiger partial charge in [-0.05, 0) is 52.3 Å². The van der Waals surface area contributed by atoms with Crippen LogP contribution >= 0.6 is 0 Å². The van der Waals surface area contributed by atoms with Crippen LogP contribution < -0.4 is 15.5 Å². The normalized spacial score (nSPS) is 15.5. The van der Waals surface area contributed by atoms with Gasteiger partial charge in [-0.25, -0.2) is 9.38 Å². The summed E-state index contributed by atoms with van der Waals surface area (Å²) in [5.74, 6) is 0.569. The number of nitrogens with zero attached hydrogens (tertiary/aromatic N) is 3. The van der Waals surface area contributed by atoms with Gasteiger partial charge in [0.1, 0.15) is 5.82 Å². The molecule has 164 valence electrons. The summed E-state index contributed by atoms with van der Waals surface area (Å²) < 4.78 is 19.9. The average Bonchev–Trinajstić information content (AvgIpc) is 2.69. The molecular weight excluding hydrogens is 369 g/mol. The number of benzene rings is 1. The number of rotatable bonds is 9. The molecule has 1 fully saturated rings. The molecule has 2 N–H and O–H groups in total. The lowest BCUT2D eigenvalue weighted by molar-refractivity contribution is 0.122. The van der Waals surface area contributed by atoms with E-state index in [1.807, 2.05) is 24.0 Å². The summed E-state index contributed by atoms with van der Waals surface area (Å²) in [4.78, 5) is 9.10. The van der Waals surface area contributed by atoms with Gasteiger partial charge in [0.2, 0.25) is 0 Å². The van der Waals surface area contributed by atoms with Crippen LogP contribution in [0.15, 0.2) is 23.2 Å². The minimum Gasteiger partial charge on any atom is -0.378 e. The molecule has 0 unspecified atom stereocenters. The SMILES string of the molecule is CCNC(=NCc1ccc(N2CCOCC2)c(F)c1)NCCN(C(C)C)C(C)C. The van der Waals surface area contributed by atoms with Crippen LogP contribution in [0.5, 0.6) is 0 Å². The predicted molar refractivity (Wildman–Crippen MR) is 119 cm³/mol. The number of hydrogen-bond acceptors (Lipinski definition) is 4. The van der Waals surface area contributed by atoms with Crippen molar-refractivity contribution < 1.29 is 9.13 Å². The van der Waals surface area contributed by atoms with Gasteiger partial charge in [-0.15, -0.1) is 0 Å². The van der Waals surface area contributed by atoms with Gasteiger partial charge in [-0.2, -0.15) is 0 Å². The Morgan fingerprint density at radius 2 is 1.86 bits per heavy atom. The van der Waals surface area contributed by atoms with Crippen molar-refractivity contribution in [3.63, 3.8) is 0 Å². The smallest absolute Gasteiger partial charge is 0.191 e. The minimum absolute atomic E-state index is 0.193. The fraction of sp³-hybridized carbons (Fsp3) is 0.682. The van der Waals surface area contributed by atoms with E-state index in [1.165, 1.54) is 0 Å². The Kier molecular flexibility index (Phi) is 9.67. The number of halogens is 1. The zero-order valence-electron chi connectivity index (χ0n) is 18.7. The van der Waals surface area contributed by atoms with E-state index in [4.69, 9.17) is 4.74 Å². The van der Waals surface area contributed by atoms with Gasteiger partial charge >= 0.3 is 0 Å². The maximum absolute atomic E-state index is 14.6. The van der Waals surface area contributed by atoms with Crippen molar-refractivity contribution in [2.75, 3.05) is 50.8 Å². The van der Waals surface area contributed by atoms with Crippen LogP contribution in [0.2, 0.25) is 0 Å². The third kappa shape index (κ3) is 7.48. The van der Waals surface area contributed by atoms with Gasteiger partial charge in [0.25, 0.3) is 0 Å². The van der Waals surface area contributed by atoms with Crippen LogP contribution in [0.1, 0.15) is 40.2 Å². The molecule has 7 heteroatoms. The first-order chi connectivity index (χ1) is 13.9. The number of aliphatic imine (C=N–C) groups is 1. The van der Waals surface area contributed by atoms with Gasteiger partial charge in [-0.1, -0.05) is 6.07 Å². The third-order valence-electron chi connectivity index (χ3n) is 5.12. The summed E-state index contributed by atoms with van der Waals surface area (Å²) in [6.07, 6.45) is 0. The highest BCUT2D eigenvalue weighted by Crippen LogP contribution is 2.22. The van der Waals surface area contributed by atoms with E-state index in [-0.39, 0.29) is 5.82 Å². The molecule has 0 saturated carbocycles. The van der Waals surface area contributed by atoms with E-state index in [0.29, 0.717) is 37.5 Å². The lowest BCUT2D eigenvalue weighted by Crippen LogP contribution is -2.45. The van der Waals surface area contributed by atoms with E-state index < -0.39 is 0 Å². The van der Waals surface area contributed by atoms with Crippen LogP contribution in [-0.2, 0) is 11.3 Å². The molecule has 1 aromatic carbocycles. The highest BCUT2D eigenvalue weighted by atomic mass is 19.1. The van der Waals surface area contributed by atoms with Crippen LogP contribution in [0.3, 0.4) is 0 Å². The highest BCUT2D eigenvalue weighted by molar-refractivity contribution is 5.79. The van der Waals surface area contributed by atoms with Crippen LogP contribution in [0, 0.1) is 5.82 Å². The molecule has 0 amide bonds. The molecule has 29 heavy (non-hydrogen) atoms. The zero-order valence-corrected chi connectivity index (χ0v) is 18.7. The van der Waals surface area contributed by atoms with E-state index in [2.05, 4.69) is 48.2 Å². The second kappa shape index (κ2) is 12.0. The number of nitrogens with one attached hydrogen (secondary N) is 2. The molecule has 6 nitrogen and oxygen atoms in total. The maximum Gasteiger partial charge on any atom is 0.191 e. The molecule has 0 aromatic heterocycles. The van der Waals surface area contributed by atoms with Gasteiger partial charge in [0.15, 0.2) is 5.96 Å². The number of hydrogen-bond donors (Lipinski definition) is 2. The monoisotopic (exact) mass is 407 g/mol. The Labute approximate surface area is 175 Å². The van der Waals surface area contributed by atoms with Gasteiger partial charge in [0, 0.05) is 44.8 Å². The minimum atomic E-state index is -0.193. The number of guanidine groups is 1. The lowest BCUT2D eigenvalue weighted by Gasteiger charge is -2.30. The summed E-state index contributed by atoms with van der Waals surface area (Å²) in [7, 11) is 0. The molecule has 2 rings (SSSR count). The molecule has 0 spiro atoms. The second-order valence-corrected chi connectivity index (χ2v) is 7.93. The maximum atomic E-state index is 14.6. The fourth-order valence-electron chi connectivity index (χ4n) is 3.64. The van der Waals surface area contributed by atoms with E-state index in [9.17, 15) is 4.39 Å². The summed E-state index contributed by atoms with van der Waals surface area (Å²) in [6.45, 7) is 16.6. The Bertz CT molecular complexity index is 636. The summed E-state index contributed by atoms with van der Waals surface area (Å²) >= 11 is 0. The van der Waals surface area contributed by atoms with Gasteiger partial charge in [-0.3, -0.25) is 4.90 Å². The molecule has 0 radical (unpaired) electrons. The zero-order chi connectivity index (χ0) is 21.2. The highest BCUT2D eigenvalue weighted by Gasteiger charge is 2.15. The number of ether oxygens (including phenoxy) is 1. The largest absolute Gasteiger partial charge is 0.378 e. The van der Waals surface area contributed by atoms with E-state index in [1.54, 1.807) is 6.07 Å². The van der Waals surface area contributed by atoms with Crippen molar-refractivity contribution in [2.45, 2.75) is 53.2 Å². The molecule has 1 aromatic rings. The number of anilines is 1. The first kappa shape index (κ1) is 23.4.